The Balaban J connectivity index is 1.54. The third-order valence-electron chi connectivity index (χ3n) is 4.75. The topological polar surface area (TPSA) is 61.4 Å². The number of amides is 2. The molecule has 1 saturated heterocycles. The van der Waals surface area contributed by atoms with Gasteiger partial charge in [0.1, 0.15) is 0 Å². The minimum Gasteiger partial charge on any atom is -0.352 e. The normalized spacial score (nSPS) is 21.1. The standard InChI is InChI=1S/C19H25N3O2/c23-18(21-13-15-8-10-20-11-9-15)17-7-4-12-22(14-17)19(24)16-5-2-1-3-6-16/h1-3,5-6,8,17,20H,4,7,9-14H2,(H,21,23). The molecule has 2 amide bonds. The molecule has 1 atom stereocenters. The number of carbonyl (C=O) groups is 2. The Kier molecular flexibility index (Phi) is 5.64. The fourth-order valence-electron chi connectivity index (χ4n) is 3.31. The van der Waals surface area contributed by atoms with Crippen molar-refractivity contribution in [2.45, 2.75) is 19.3 Å². The molecule has 2 aliphatic rings. The lowest BCUT2D eigenvalue weighted by Gasteiger charge is -2.32. The first-order valence-corrected chi connectivity index (χ1v) is 8.74. The van der Waals surface area contributed by atoms with Crippen LogP contribution in [0.15, 0.2) is 42.0 Å². The van der Waals surface area contributed by atoms with Crippen LogP contribution in [0, 0.1) is 5.92 Å². The average Bonchev–Trinajstić information content (AvgIpc) is 2.67. The molecule has 1 fully saturated rings. The SMILES string of the molecule is O=C(NCC1=CCNCC1)C1CCCN(C(=O)c2ccccc2)C1. The van der Waals surface area contributed by atoms with Crippen LogP contribution in [-0.2, 0) is 4.79 Å². The van der Waals surface area contributed by atoms with E-state index in [2.05, 4.69) is 16.7 Å². The first-order chi connectivity index (χ1) is 11.7. The van der Waals surface area contributed by atoms with Gasteiger partial charge in [-0.05, 0) is 37.9 Å². The van der Waals surface area contributed by atoms with Crippen molar-refractivity contribution in [3.8, 4) is 0 Å². The molecule has 0 radical (unpaired) electrons. The van der Waals surface area contributed by atoms with Crippen LogP contribution in [0.5, 0.6) is 0 Å². The van der Waals surface area contributed by atoms with E-state index in [9.17, 15) is 9.59 Å². The van der Waals surface area contributed by atoms with Crippen LogP contribution in [0.1, 0.15) is 29.6 Å². The van der Waals surface area contributed by atoms with Gasteiger partial charge in [-0.3, -0.25) is 9.59 Å². The van der Waals surface area contributed by atoms with Crippen LogP contribution in [0.25, 0.3) is 0 Å². The molecule has 24 heavy (non-hydrogen) atoms. The summed E-state index contributed by atoms with van der Waals surface area (Å²) in [6.07, 6.45) is 4.87. The summed E-state index contributed by atoms with van der Waals surface area (Å²) in [6.45, 7) is 3.73. The van der Waals surface area contributed by atoms with Gasteiger partial charge in [-0.25, -0.2) is 0 Å². The molecule has 5 heteroatoms. The molecule has 0 aliphatic carbocycles. The summed E-state index contributed by atoms with van der Waals surface area (Å²) in [4.78, 5) is 26.8. The summed E-state index contributed by atoms with van der Waals surface area (Å²) in [5.41, 5.74) is 1.98. The molecule has 0 aromatic heterocycles. The van der Waals surface area contributed by atoms with Gasteiger partial charge in [0.15, 0.2) is 0 Å². The fraction of sp³-hybridized carbons (Fsp3) is 0.474. The molecule has 0 bridgehead atoms. The molecule has 2 aliphatic heterocycles. The first-order valence-electron chi connectivity index (χ1n) is 8.74. The summed E-state index contributed by atoms with van der Waals surface area (Å²) in [7, 11) is 0. The molecule has 0 saturated carbocycles. The zero-order valence-corrected chi connectivity index (χ0v) is 14.0. The highest BCUT2D eigenvalue weighted by Gasteiger charge is 2.28. The molecule has 1 unspecified atom stereocenters. The number of benzene rings is 1. The number of nitrogens with one attached hydrogen (secondary N) is 2. The predicted octanol–water partition coefficient (Wildman–Crippen LogP) is 1.57. The van der Waals surface area contributed by atoms with E-state index in [1.807, 2.05) is 35.2 Å². The highest BCUT2D eigenvalue weighted by Crippen LogP contribution is 2.19. The van der Waals surface area contributed by atoms with Crippen LogP contribution < -0.4 is 10.6 Å². The second-order valence-corrected chi connectivity index (χ2v) is 6.49. The van der Waals surface area contributed by atoms with Gasteiger partial charge in [0, 0.05) is 31.7 Å². The average molecular weight is 327 g/mol. The Morgan fingerprint density at radius 3 is 2.83 bits per heavy atom. The largest absolute Gasteiger partial charge is 0.352 e. The molecule has 5 nitrogen and oxygen atoms in total. The van der Waals surface area contributed by atoms with Crippen molar-refractivity contribution in [3.63, 3.8) is 0 Å². The lowest BCUT2D eigenvalue weighted by atomic mass is 9.96. The quantitative estimate of drug-likeness (QED) is 0.826. The highest BCUT2D eigenvalue weighted by molar-refractivity contribution is 5.94. The number of likely N-dealkylation sites (tertiary alicyclic amines) is 1. The lowest BCUT2D eigenvalue weighted by molar-refractivity contribution is -0.126. The van der Waals surface area contributed by atoms with E-state index >= 15 is 0 Å². The third-order valence-corrected chi connectivity index (χ3v) is 4.75. The van der Waals surface area contributed by atoms with Crippen LogP contribution in [0.3, 0.4) is 0 Å². The van der Waals surface area contributed by atoms with E-state index in [0.717, 1.165) is 38.9 Å². The van der Waals surface area contributed by atoms with Crippen molar-refractivity contribution in [2.75, 3.05) is 32.7 Å². The van der Waals surface area contributed by atoms with E-state index < -0.39 is 0 Å². The highest BCUT2D eigenvalue weighted by atomic mass is 16.2. The van der Waals surface area contributed by atoms with Crippen molar-refractivity contribution < 1.29 is 9.59 Å². The van der Waals surface area contributed by atoms with Crippen molar-refractivity contribution in [1.82, 2.24) is 15.5 Å². The summed E-state index contributed by atoms with van der Waals surface area (Å²) < 4.78 is 0. The van der Waals surface area contributed by atoms with Gasteiger partial charge in [-0.2, -0.15) is 0 Å². The zero-order chi connectivity index (χ0) is 16.8. The van der Waals surface area contributed by atoms with Gasteiger partial charge in [0.25, 0.3) is 5.91 Å². The van der Waals surface area contributed by atoms with Gasteiger partial charge < -0.3 is 15.5 Å². The Hall–Kier alpha value is -2.14. The van der Waals surface area contributed by atoms with E-state index in [1.165, 1.54) is 5.57 Å². The molecule has 0 spiro atoms. The number of rotatable bonds is 4. The van der Waals surface area contributed by atoms with Crippen LogP contribution in [0.4, 0.5) is 0 Å². The van der Waals surface area contributed by atoms with E-state index in [0.29, 0.717) is 18.7 Å². The molecule has 2 heterocycles. The van der Waals surface area contributed by atoms with Gasteiger partial charge >= 0.3 is 0 Å². The molecular formula is C19H25N3O2. The smallest absolute Gasteiger partial charge is 0.253 e. The fourth-order valence-corrected chi connectivity index (χ4v) is 3.31. The maximum Gasteiger partial charge on any atom is 0.253 e. The van der Waals surface area contributed by atoms with Crippen molar-refractivity contribution in [2.24, 2.45) is 5.92 Å². The van der Waals surface area contributed by atoms with E-state index in [-0.39, 0.29) is 17.7 Å². The van der Waals surface area contributed by atoms with Crippen molar-refractivity contribution in [1.29, 1.82) is 0 Å². The van der Waals surface area contributed by atoms with E-state index in [4.69, 9.17) is 0 Å². The van der Waals surface area contributed by atoms with Crippen LogP contribution >= 0.6 is 0 Å². The van der Waals surface area contributed by atoms with Crippen LogP contribution in [0.2, 0.25) is 0 Å². The van der Waals surface area contributed by atoms with Gasteiger partial charge in [-0.1, -0.05) is 29.8 Å². The third kappa shape index (κ3) is 4.23. The predicted molar refractivity (Wildman–Crippen MR) is 93.6 cm³/mol. The second kappa shape index (κ2) is 8.11. The summed E-state index contributed by atoms with van der Waals surface area (Å²) in [5, 5.41) is 6.31. The molecule has 1 aromatic carbocycles. The first kappa shape index (κ1) is 16.7. The molecular weight excluding hydrogens is 302 g/mol. The summed E-state index contributed by atoms with van der Waals surface area (Å²) in [6, 6.07) is 9.30. The molecule has 3 rings (SSSR count). The number of hydrogen-bond donors (Lipinski definition) is 2. The second-order valence-electron chi connectivity index (χ2n) is 6.49. The number of piperidine rings is 1. The molecule has 2 N–H and O–H groups in total. The zero-order valence-electron chi connectivity index (χ0n) is 14.0. The van der Waals surface area contributed by atoms with Crippen molar-refractivity contribution in [3.05, 3.63) is 47.5 Å². The minimum atomic E-state index is -0.103. The number of hydrogen-bond acceptors (Lipinski definition) is 3. The number of carbonyl (C=O) groups excluding carboxylic acids is 2. The Bertz CT molecular complexity index is 612. The number of nitrogens with zero attached hydrogens (tertiary/aromatic N) is 1. The Morgan fingerprint density at radius 1 is 1.25 bits per heavy atom. The Labute approximate surface area is 143 Å². The van der Waals surface area contributed by atoms with Crippen molar-refractivity contribution >= 4 is 11.8 Å². The monoisotopic (exact) mass is 327 g/mol. The minimum absolute atomic E-state index is 0.0224. The summed E-state index contributed by atoms with van der Waals surface area (Å²) in [5.74, 6) is -0.0112. The maximum absolute atomic E-state index is 12.6. The van der Waals surface area contributed by atoms with Gasteiger partial charge in [0.2, 0.25) is 5.91 Å². The van der Waals surface area contributed by atoms with E-state index in [1.54, 1.807) is 0 Å². The molecule has 1 aromatic rings. The molecule has 128 valence electrons. The van der Waals surface area contributed by atoms with Gasteiger partial charge in [0.05, 0.1) is 5.92 Å². The Morgan fingerprint density at radius 2 is 2.08 bits per heavy atom. The van der Waals surface area contributed by atoms with Gasteiger partial charge in [-0.15, -0.1) is 0 Å². The lowest BCUT2D eigenvalue weighted by Crippen LogP contribution is -2.45. The maximum atomic E-state index is 12.6. The summed E-state index contributed by atoms with van der Waals surface area (Å²) >= 11 is 0. The van der Waals surface area contributed by atoms with Crippen LogP contribution in [-0.4, -0.2) is 49.4 Å².